The Morgan fingerprint density at radius 1 is 0.889 bits per heavy atom. The van der Waals surface area contributed by atoms with Crippen LogP contribution in [0.25, 0.3) is 10.8 Å². The Balaban J connectivity index is 1.04. The number of carbonyl (C=O) groups excluding carboxylic acids is 3. The molecule has 0 radical (unpaired) electrons. The zero-order valence-corrected chi connectivity index (χ0v) is 33.4. The van der Waals surface area contributed by atoms with Crippen molar-refractivity contribution in [3.63, 3.8) is 0 Å². The highest BCUT2D eigenvalue weighted by Gasteiger charge is 2.68. The van der Waals surface area contributed by atoms with Crippen LogP contribution in [-0.2, 0) is 18.9 Å². The first-order valence-corrected chi connectivity index (χ1v) is 21.4. The molecule has 2 bridgehead atoms. The van der Waals surface area contributed by atoms with Gasteiger partial charge in [-0.3, -0.25) is 19.3 Å². The zero-order chi connectivity index (χ0) is 37.8. The van der Waals surface area contributed by atoms with Gasteiger partial charge >= 0.3 is 7.12 Å². The van der Waals surface area contributed by atoms with E-state index in [1.165, 1.54) is 19.3 Å². The van der Waals surface area contributed by atoms with Gasteiger partial charge < -0.3 is 24.8 Å². The molecule has 3 aliphatic heterocycles. The van der Waals surface area contributed by atoms with Crippen LogP contribution in [0.4, 0.5) is 0 Å². The average molecular weight is 739 g/mol. The lowest BCUT2D eigenvalue weighted by Gasteiger charge is -2.64. The standard InChI is InChI=1S/C44H63BN4O5/c1-28(2)39(45-53-38-25-33-24-37(43(33,3)4)44(38,5)54-45)47-41(51)36-26-34(48-20-12-7-13-21-48)27-49(36)42(52)35(22-29-14-8-6-9-15-29)46-40(50)32-19-18-30-16-10-11-17-31(30)23-32/h10-11,16-19,23,28-29,33-39H,6-9,12-15,20-22,24-27H2,1-5H3,(H,46,50)(H,47,51)/t33-,34+,35+,36-,37-,38+,39-,44-/m0/s1. The van der Waals surface area contributed by atoms with Gasteiger partial charge in [0.25, 0.3) is 5.91 Å². The van der Waals surface area contributed by atoms with Crippen molar-refractivity contribution >= 4 is 35.6 Å². The summed E-state index contributed by atoms with van der Waals surface area (Å²) in [4.78, 5) is 48.0. The summed E-state index contributed by atoms with van der Waals surface area (Å²) in [6.07, 6.45) is 12.5. The maximum Gasteiger partial charge on any atom is 0.481 e. The SMILES string of the molecule is CC(C)[C@H](NC(=O)[C@@H]1C[C@@H](N2CCCCC2)CN1C(=O)[C@@H](CC1CCCCC1)NC(=O)c1ccc2ccccc2c1)B1O[C@@H]2C[C@@H]3C[C@@H](C3(C)C)[C@]2(C)O1. The van der Waals surface area contributed by atoms with Crippen molar-refractivity contribution in [2.75, 3.05) is 19.6 Å². The van der Waals surface area contributed by atoms with Crippen LogP contribution >= 0.6 is 0 Å². The molecule has 8 atom stereocenters. The Morgan fingerprint density at radius 2 is 1.61 bits per heavy atom. The predicted octanol–water partition coefficient (Wildman–Crippen LogP) is 6.77. The van der Waals surface area contributed by atoms with E-state index in [2.05, 4.69) is 50.2 Å². The van der Waals surface area contributed by atoms with Crippen LogP contribution in [0.5, 0.6) is 0 Å². The quantitative estimate of drug-likeness (QED) is 0.261. The Morgan fingerprint density at radius 3 is 2.33 bits per heavy atom. The van der Waals surface area contributed by atoms with Gasteiger partial charge in [-0.25, -0.2) is 0 Å². The molecular formula is C44H63BN4O5. The van der Waals surface area contributed by atoms with Crippen LogP contribution in [-0.4, -0.2) is 90.0 Å². The number of hydrogen-bond acceptors (Lipinski definition) is 6. The Bertz CT molecular complexity index is 1710. The van der Waals surface area contributed by atoms with Gasteiger partial charge in [0.15, 0.2) is 0 Å². The zero-order valence-electron chi connectivity index (χ0n) is 33.4. The third kappa shape index (κ3) is 7.13. The summed E-state index contributed by atoms with van der Waals surface area (Å²) in [6.45, 7) is 13.6. The van der Waals surface area contributed by atoms with Gasteiger partial charge in [-0.1, -0.05) is 96.6 Å². The van der Waals surface area contributed by atoms with E-state index in [0.29, 0.717) is 42.7 Å². The Labute approximate surface area is 323 Å². The number of nitrogens with zero attached hydrogens (tertiary/aromatic N) is 2. The first-order chi connectivity index (χ1) is 25.9. The maximum atomic E-state index is 15.0. The highest BCUT2D eigenvalue weighted by Crippen LogP contribution is 2.65. The molecule has 292 valence electrons. The van der Waals surface area contributed by atoms with Gasteiger partial charge in [-0.2, -0.15) is 0 Å². The van der Waals surface area contributed by atoms with E-state index in [4.69, 9.17) is 9.31 Å². The van der Waals surface area contributed by atoms with Crippen LogP contribution < -0.4 is 10.6 Å². The second-order valence-electron chi connectivity index (χ2n) is 18.9. The number of rotatable bonds is 10. The number of fused-ring (bicyclic) bond motifs is 1. The minimum atomic E-state index is -0.706. The second-order valence-corrected chi connectivity index (χ2v) is 18.9. The van der Waals surface area contributed by atoms with Crippen LogP contribution in [0.3, 0.4) is 0 Å². The van der Waals surface area contributed by atoms with E-state index in [0.717, 1.165) is 68.8 Å². The van der Waals surface area contributed by atoms with Gasteiger partial charge in [0.1, 0.15) is 12.1 Å². The van der Waals surface area contributed by atoms with E-state index >= 15 is 0 Å². The van der Waals surface area contributed by atoms with E-state index in [1.54, 1.807) is 0 Å². The lowest BCUT2D eigenvalue weighted by atomic mass is 9.43. The molecule has 3 heterocycles. The van der Waals surface area contributed by atoms with Crippen LogP contribution in [0.2, 0.25) is 0 Å². The number of piperidine rings is 1. The number of likely N-dealkylation sites (tertiary alicyclic amines) is 2. The number of amides is 3. The summed E-state index contributed by atoms with van der Waals surface area (Å²) in [5, 5.41) is 8.67. The lowest BCUT2D eigenvalue weighted by Crippen LogP contribution is -2.65. The van der Waals surface area contributed by atoms with Crippen molar-refractivity contribution in [3.05, 3.63) is 48.0 Å². The van der Waals surface area contributed by atoms with Crippen molar-refractivity contribution < 1.29 is 23.7 Å². The molecule has 0 unspecified atom stereocenters. The molecule has 2 N–H and O–H groups in total. The lowest BCUT2D eigenvalue weighted by molar-refractivity contribution is -0.199. The number of hydrogen-bond donors (Lipinski definition) is 2. The Kier molecular flexibility index (Phi) is 10.7. The number of carbonyl (C=O) groups is 3. The van der Waals surface area contributed by atoms with E-state index in [1.807, 2.05) is 47.4 Å². The summed E-state index contributed by atoms with van der Waals surface area (Å²) in [6, 6.07) is 12.5. The monoisotopic (exact) mass is 738 g/mol. The second kappa shape index (κ2) is 15.2. The molecule has 2 aromatic rings. The van der Waals surface area contributed by atoms with Crippen molar-refractivity contribution in [1.82, 2.24) is 20.4 Å². The summed E-state index contributed by atoms with van der Waals surface area (Å²) < 4.78 is 13.6. The Hall–Kier alpha value is -2.95. The molecule has 0 aromatic heterocycles. The third-order valence-electron chi connectivity index (χ3n) is 15.0. The fourth-order valence-electron chi connectivity index (χ4n) is 11.5. The molecule has 4 saturated carbocycles. The van der Waals surface area contributed by atoms with E-state index in [9.17, 15) is 14.4 Å². The molecule has 3 saturated heterocycles. The van der Waals surface area contributed by atoms with E-state index < -0.39 is 19.2 Å². The normalized spacial score (nSPS) is 32.2. The molecular weight excluding hydrogens is 675 g/mol. The van der Waals surface area contributed by atoms with E-state index in [-0.39, 0.29) is 52.7 Å². The predicted molar refractivity (Wildman–Crippen MR) is 213 cm³/mol. The summed E-state index contributed by atoms with van der Waals surface area (Å²) >= 11 is 0. The van der Waals surface area contributed by atoms with Crippen LogP contribution in [0.15, 0.2) is 42.5 Å². The van der Waals surface area contributed by atoms with Crippen LogP contribution in [0, 0.1) is 29.1 Å². The molecule has 7 fully saturated rings. The average Bonchev–Trinajstić information content (AvgIpc) is 3.78. The summed E-state index contributed by atoms with van der Waals surface area (Å²) in [5.41, 5.74) is 0.403. The number of nitrogens with one attached hydrogen (secondary N) is 2. The molecule has 3 amide bonds. The van der Waals surface area contributed by atoms with Gasteiger partial charge in [-0.15, -0.1) is 0 Å². The third-order valence-corrected chi connectivity index (χ3v) is 15.0. The smallest absolute Gasteiger partial charge is 0.404 e. The number of benzene rings is 2. The van der Waals surface area contributed by atoms with Gasteiger partial charge in [0.2, 0.25) is 11.8 Å². The minimum Gasteiger partial charge on any atom is -0.404 e. The summed E-state index contributed by atoms with van der Waals surface area (Å²) in [7, 11) is -0.539. The minimum absolute atomic E-state index is 0.0252. The summed E-state index contributed by atoms with van der Waals surface area (Å²) in [5.74, 6) is 0.630. The molecule has 9 rings (SSSR count). The fourth-order valence-corrected chi connectivity index (χ4v) is 11.5. The molecule has 4 aliphatic carbocycles. The topological polar surface area (TPSA) is 100 Å². The molecule has 9 nitrogen and oxygen atoms in total. The van der Waals surface area contributed by atoms with Crippen molar-refractivity contribution in [2.24, 2.45) is 29.1 Å². The molecule has 0 spiro atoms. The van der Waals surface area contributed by atoms with Crippen molar-refractivity contribution in [1.29, 1.82) is 0 Å². The highest BCUT2D eigenvalue weighted by atomic mass is 16.7. The fraction of sp³-hybridized carbons (Fsp3) is 0.705. The molecule has 10 heteroatoms. The molecule has 2 aromatic carbocycles. The van der Waals surface area contributed by atoms with Crippen molar-refractivity contribution in [3.8, 4) is 0 Å². The molecule has 54 heavy (non-hydrogen) atoms. The van der Waals surface area contributed by atoms with Gasteiger partial charge in [0, 0.05) is 18.2 Å². The first kappa shape index (κ1) is 38.0. The highest BCUT2D eigenvalue weighted by molar-refractivity contribution is 6.48. The molecule has 7 aliphatic rings. The van der Waals surface area contributed by atoms with Crippen molar-refractivity contribution in [2.45, 2.75) is 147 Å². The maximum absolute atomic E-state index is 15.0. The van der Waals surface area contributed by atoms with Gasteiger partial charge in [0.05, 0.1) is 17.6 Å². The largest absolute Gasteiger partial charge is 0.481 e. The first-order valence-electron chi connectivity index (χ1n) is 21.4. The van der Waals surface area contributed by atoms with Gasteiger partial charge in [-0.05, 0) is 111 Å². The van der Waals surface area contributed by atoms with Crippen LogP contribution in [0.1, 0.15) is 122 Å².